The molecule has 0 atom stereocenters. The van der Waals surface area contributed by atoms with Crippen LogP contribution in [0.3, 0.4) is 0 Å². The highest BCUT2D eigenvalue weighted by molar-refractivity contribution is 5.94. The van der Waals surface area contributed by atoms with Gasteiger partial charge in [0, 0.05) is 11.1 Å². The van der Waals surface area contributed by atoms with Gasteiger partial charge in [-0.25, -0.2) is 9.78 Å². The third kappa shape index (κ3) is 2.20. The molecule has 1 heterocycles. The van der Waals surface area contributed by atoms with Crippen LogP contribution in [-0.4, -0.2) is 22.3 Å². The normalized spacial score (nSPS) is 10.0. The quantitative estimate of drug-likeness (QED) is 0.801. The fourth-order valence-corrected chi connectivity index (χ4v) is 1.61. The second-order valence-electron chi connectivity index (χ2n) is 3.68. The second-order valence-corrected chi connectivity index (χ2v) is 3.68. The van der Waals surface area contributed by atoms with Crippen LogP contribution >= 0.6 is 0 Å². The van der Waals surface area contributed by atoms with E-state index in [1.165, 1.54) is 6.07 Å². The van der Waals surface area contributed by atoms with E-state index in [9.17, 15) is 9.59 Å². The first kappa shape index (κ1) is 11.8. The van der Waals surface area contributed by atoms with Crippen molar-refractivity contribution in [3.8, 4) is 11.1 Å². The maximum atomic E-state index is 11.1. The number of carbonyl (C=O) groups excluding carboxylic acids is 1. The Kier molecular flexibility index (Phi) is 3.05. The smallest absolute Gasteiger partial charge is 0.355 e. The molecule has 90 valence electrons. The number of rotatable bonds is 3. The standard InChI is InChI=1S/C13H10N2O3/c14-11-6-5-10(12(15-11)13(17)18)9-3-1-8(7-16)2-4-9/h1-7H,(H2,14,15)(H,17,18). The first-order chi connectivity index (χ1) is 8.61. The Balaban J connectivity index is 2.55. The summed E-state index contributed by atoms with van der Waals surface area (Å²) in [4.78, 5) is 25.4. The molecule has 0 aliphatic rings. The van der Waals surface area contributed by atoms with E-state index in [4.69, 9.17) is 10.8 Å². The van der Waals surface area contributed by atoms with Crippen LogP contribution in [0.15, 0.2) is 36.4 Å². The molecular weight excluding hydrogens is 232 g/mol. The van der Waals surface area contributed by atoms with Gasteiger partial charge < -0.3 is 10.8 Å². The molecule has 1 aromatic carbocycles. The lowest BCUT2D eigenvalue weighted by molar-refractivity contribution is 0.0691. The zero-order valence-corrected chi connectivity index (χ0v) is 9.33. The Labute approximate surface area is 103 Å². The first-order valence-corrected chi connectivity index (χ1v) is 5.17. The largest absolute Gasteiger partial charge is 0.476 e. The average molecular weight is 242 g/mol. The summed E-state index contributed by atoms with van der Waals surface area (Å²) in [6, 6.07) is 9.71. The van der Waals surface area contributed by atoms with Gasteiger partial charge in [0.1, 0.15) is 12.1 Å². The predicted octanol–water partition coefficient (Wildman–Crippen LogP) is 1.84. The molecule has 0 unspecified atom stereocenters. The minimum Gasteiger partial charge on any atom is -0.476 e. The SMILES string of the molecule is Nc1ccc(-c2ccc(C=O)cc2)c(C(=O)O)n1. The van der Waals surface area contributed by atoms with Crippen LogP contribution in [0.1, 0.15) is 20.8 Å². The number of pyridine rings is 1. The van der Waals surface area contributed by atoms with E-state index < -0.39 is 5.97 Å². The summed E-state index contributed by atoms with van der Waals surface area (Å²) in [5.74, 6) is -0.988. The average Bonchev–Trinajstić information content (AvgIpc) is 2.39. The summed E-state index contributed by atoms with van der Waals surface area (Å²) in [6.07, 6.45) is 0.725. The van der Waals surface area contributed by atoms with E-state index in [1.807, 2.05) is 0 Å². The lowest BCUT2D eigenvalue weighted by Gasteiger charge is -2.06. The molecule has 0 bridgehead atoms. The van der Waals surface area contributed by atoms with Crippen molar-refractivity contribution >= 4 is 18.1 Å². The number of benzene rings is 1. The number of nitrogens with zero attached hydrogens (tertiary/aromatic N) is 1. The third-order valence-electron chi connectivity index (χ3n) is 2.48. The highest BCUT2D eigenvalue weighted by Crippen LogP contribution is 2.23. The highest BCUT2D eigenvalue weighted by atomic mass is 16.4. The maximum Gasteiger partial charge on any atom is 0.355 e. The number of nitrogen functional groups attached to an aromatic ring is 1. The van der Waals surface area contributed by atoms with Gasteiger partial charge in [-0.1, -0.05) is 24.3 Å². The molecule has 0 aliphatic carbocycles. The number of hydrogen-bond donors (Lipinski definition) is 2. The molecule has 2 rings (SSSR count). The lowest BCUT2D eigenvalue weighted by Crippen LogP contribution is -2.05. The molecule has 2 aromatic rings. The van der Waals surface area contributed by atoms with Crippen LogP contribution in [0.2, 0.25) is 0 Å². The summed E-state index contributed by atoms with van der Waals surface area (Å²) < 4.78 is 0. The molecular formula is C13H10N2O3. The van der Waals surface area contributed by atoms with Gasteiger partial charge >= 0.3 is 5.97 Å². The number of nitrogens with two attached hydrogens (primary N) is 1. The lowest BCUT2D eigenvalue weighted by atomic mass is 10.0. The number of anilines is 1. The summed E-state index contributed by atoms with van der Waals surface area (Å²) in [7, 11) is 0. The fourth-order valence-electron chi connectivity index (χ4n) is 1.61. The van der Waals surface area contributed by atoms with E-state index in [0.29, 0.717) is 16.7 Å². The van der Waals surface area contributed by atoms with E-state index in [2.05, 4.69) is 4.98 Å². The van der Waals surface area contributed by atoms with Crippen molar-refractivity contribution < 1.29 is 14.7 Å². The van der Waals surface area contributed by atoms with E-state index in [1.54, 1.807) is 30.3 Å². The van der Waals surface area contributed by atoms with E-state index >= 15 is 0 Å². The van der Waals surface area contributed by atoms with Crippen LogP contribution in [0, 0.1) is 0 Å². The molecule has 0 aliphatic heterocycles. The van der Waals surface area contributed by atoms with Gasteiger partial charge in [-0.15, -0.1) is 0 Å². The van der Waals surface area contributed by atoms with Crippen LogP contribution in [0.5, 0.6) is 0 Å². The van der Waals surface area contributed by atoms with Crippen molar-refractivity contribution in [3.63, 3.8) is 0 Å². The van der Waals surface area contributed by atoms with Gasteiger partial charge in [0.2, 0.25) is 0 Å². The molecule has 5 nitrogen and oxygen atoms in total. The number of carboxylic acids is 1. The monoisotopic (exact) mass is 242 g/mol. The molecule has 3 N–H and O–H groups in total. The van der Waals surface area contributed by atoms with Crippen molar-refractivity contribution in [3.05, 3.63) is 47.7 Å². The number of aldehydes is 1. The number of aromatic carboxylic acids is 1. The zero-order valence-electron chi connectivity index (χ0n) is 9.33. The van der Waals surface area contributed by atoms with Crippen LogP contribution < -0.4 is 5.73 Å². The Hall–Kier alpha value is -2.69. The van der Waals surface area contributed by atoms with Gasteiger partial charge in [-0.2, -0.15) is 0 Å². The van der Waals surface area contributed by atoms with E-state index in [0.717, 1.165) is 6.29 Å². The molecule has 0 saturated heterocycles. The Bertz CT molecular complexity index is 606. The topological polar surface area (TPSA) is 93.3 Å². The van der Waals surface area contributed by atoms with Crippen molar-refractivity contribution in [2.75, 3.05) is 5.73 Å². The molecule has 1 aromatic heterocycles. The Morgan fingerprint density at radius 3 is 2.39 bits per heavy atom. The number of hydrogen-bond acceptors (Lipinski definition) is 4. The van der Waals surface area contributed by atoms with Crippen LogP contribution in [-0.2, 0) is 0 Å². The fraction of sp³-hybridized carbons (Fsp3) is 0. The van der Waals surface area contributed by atoms with E-state index in [-0.39, 0.29) is 11.5 Å². The van der Waals surface area contributed by atoms with Crippen molar-refractivity contribution in [2.24, 2.45) is 0 Å². The zero-order chi connectivity index (χ0) is 13.1. The summed E-state index contributed by atoms with van der Waals surface area (Å²) in [5.41, 5.74) is 7.03. The van der Waals surface area contributed by atoms with Gasteiger partial charge in [0.05, 0.1) is 0 Å². The number of carboxylic acid groups (broad SMARTS) is 1. The summed E-state index contributed by atoms with van der Waals surface area (Å²) in [5, 5.41) is 9.08. The maximum absolute atomic E-state index is 11.1. The minimum absolute atomic E-state index is 0.103. The van der Waals surface area contributed by atoms with Gasteiger partial charge in [-0.3, -0.25) is 4.79 Å². The summed E-state index contributed by atoms with van der Waals surface area (Å²) >= 11 is 0. The molecule has 0 fully saturated rings. The number of aromatic nitrogens is 1. The Morgan fingerprint density at radius 1 is 1.17 bits per heavy atom. The second kappa shape index (κ2) is 4.67. The minimum atomic E-state index is -1.14. The molecule has 5 heteroatoms. The third-order valence-corrected chi connectivity index (χ3v) is 2.48. The molecule has 0 spiro atoms. The molecule has 18 heavy (non-hydrogen) atoms. The van der Waals surface area contributed by atoms with Crippen molar-refractivity contribution in [1.29, 1.82) is 0 Å². The highest BCUT2D eigenvalue weighted by Gasteiger charge is 2.13. The molecule has 0 amide bonds. The number of carbonyl (C=O) groups is 2. The molecule has 0 saturated carbocycles. The van der Waals surface area contributed by atoms with Crippen molar-refractivity contribution in [1.82, 2.24) is 4.98 Å². The van der Waals surface area contributed by atoms with Crippen LogP contribution in [0.25, 0.3) is 11.1 Å². The Morgan fingerprint density at radius 2 is 1.83 bits per heavy atom. The van der Waals surface area contributed by atoms with Gasteiger partial charge in [0.25, 0.3) is 0 Å². The predicted molar refractivity (Wildman–Crippen MR) is 66.4 cm³/mol. The molecule has 0 radical (unpaired) electrons. The summed E-state index contributed by atoms with van der Waals surface area (Å²) in [6.45, 7) is 0. The van der Waals surface area contributed by atoms with Gasteiger partial charge in [0.15, 0.2) is 5.69 Å². The van der Waals surface area contributed by atoms with Gasteiger partial charge in [-0.05, 0) is 17.7 Å². The van der Waals surface area contributed by atoms with Crippen molar-refractivity contribution in [2.45, 2.75) is 0 Å². The first-order valence-electron chi connectivity index (χ1n) is 5.17. The van der Waals surface area contributed by atoms with Crippen LogP contribution in [0.4, 0.5) is 5.82 Å².